The molecule has 0 aromatic carbocycles. The monoisotopic (exact) mass is 266 g/mol. The zero-order valence-electron chi connectivity index (χ0n) is 9.19. The molecule has 1 saturated carbocycles. The maximum Gasteiger partial charge on any atom is 0.214 e. The molecule has 2 saturated heterocycles. The SMILES string of the molecule is Cl.O=S(=O)(NC1CC2CCC(C1)N2)C1CC1. The van der Waals surface area contributed by atoms with Crippen molar-refractivity contribution in [2.75, 3.05) is 0 Å². The maximum absolute atomic E-state index is 11.8. The number of fused-ring (bicyclic) bond motifs is 2. The van der Waals surface area contributed by atoms with Gasteiger partial charge in [0.1, 0.15) is 0 Å². The van der Waals surface area contributed by atoms with Crippen molar-refractivity contribution in [3.8, 4) is 0 Å². The van der Waals surface area contributed by atoms with Gasteiger partial charge in [0, 0.05) is 18.1 Å². The third-order valence-corrected chi connectivity index (χ3v) is 5.78. The first kappa shape index (κ1) is 12.6. The van der Waals surface area contributed by atoms with Gasteiger partial charge in [-0.3, -0.25) is 0 Å². The molecule has 0 aromatic rings. The highest BCUT2D eigenvalue weighted by atomic mass is 35.5. The zero-order valence-corrected chi connectivity index (χ0v) is 10.8. The first-order valence-corrected chi connectivity index (χ1v) is 7.45. The Morgan fingerprint density at radius 3 is 2.06 bits per heavy atom. The Hall–Kier alpha value is 0.160. The largest absolute Gasteiger partial charge is 0.311 e. The molecular weight excluding hydrogens is 248 g/mol. The number of piperidine rings is 1. The summed E-state index contributed by atoms with van der Waals surface area (Å²) in [5.74, 6) is 0. The summed E-state index contributed by atoms with van der Waals surface area (Å²) in [7, 11) is -2.98. The molecule has 2 N–H and O–H groups in total. The normalized spacial score (nSPS) is 38.1. The molecule has 0 aromatic heterocycles. The summed E-state index contributed by atoms with van der Waals surface area (Å²) in [6.07, 6.45) is 6.09. The number of rotatable bonds is 3. The summed E-state index contributed by atoms with van der Waals surface area (Å²) in [5.41, 5.74) is 0. The van der Waals surface area contributed by atoms with E-state index in [-0.39, 0.29) is 23.7 Å². The molecule has 1 aliphatic carbocycles. The van der Waals surface area contributed by atoms with E-state index < -0.39 is 10.0 Å². The van der Waals surface area contributed by atoms with Crippen molar-refractivity contribution >= 4 is 22.4 Å². The van der Waals surface area contributed by atoms with Crippen molar-refractivity contribution in [1.82, 2.24) is 10.0 Å². The Kier molecular flexibility index (Phi) is 3.50. The second-order valence-electron chi connectivity index (χ2n) is 5.17. The molecule has 2 unspecified atom stereocenters. The molecule has 3 fully saturated rings. The first-order valence-electron chi connectivity index (χ1n) is 5.91. The molecule has 94 valence electrons. The quantitative estimate of drug-likeness (QED) is 0.794. The number of halogens is 1. The van der Waals surface area contributed by atoms with Crippen LogP contribution in [-0.2, 0) is 10.0 Å². The van der Waals surface area contributed by atoms with Gasteiger partial charge in [-0.15, -0.1) is 12.4 Å². The number of hydrogen-bond donors (Lipinski definition) is 2. The average Bonchev–Trinajstić information content (AvgIpc) is 2.93. The minimum Gasteiger partial charge on any atom is -0.311 e. The van der Waals surface area contributed by atoms with Gasteiger partial charge in [0.2, 0.25) is 10.0 Å². The molecule has 4 nitrogen and oxygen atoms in total. The Morgan fingerprint density at radius 2 is 1.56 bits per heavy atom. The van der Waals surface area contributed by atoms with Crippen LogP contribution in [0.15, 0.2) is 0 Å². The van der Waals surface area contributed by atoms with Crippen LogP contribution in [0, 0.1) is 0 Å². The van der Waals surface area contributed by atoms with Gasteiger partial charge in [0.15, 0.2) is 0 Å². The van der Waals surface area contributed by atoms with Crippen LogP contribution in [0.3, 0.4) is 0 Å². The highest BCUT2D eigenvalue weighted by Crippen LogP contribution is 2.31. The van der Waals surface area contributed by atoms with E-state index in [9.17, 15) is 8.42 Å². The van der Waals surface area contributed by atoms with Crippen molar-refractivity contribution in [3.63, 3.8) is 0 Å². The van der Waals surface area contributed by atoms with E-state index in [1.54, 1.807) is 0 Å². The van der Waals surface area contributed by atoms with E-state index in [0.29, 0.717) is 12.1 Å². The van der Waals surface area contributed by atoms with Crippen molar-refractivity contribution in [2.45, 2.75) is 61.9 Å². The van der Waals surface area contributed by atoms with Gasteiger partial charge in [0.25, 0.3) is 0 Å². The van der Waals surface area contributed by atoms with Gasteiger partial charge in [-0.1, -0.05) is 0 Å². The summed E-state index contributed by atoms with van der Waals surface area (Å²) in [6.45, 7) is 0. The molecule has 0 radical (unpaired) electrons. The topological polar surface area (TPSA) is 58.2 Å². The van der Waals surface area contributed by atoms with Crippen LogP contribution in [0.1, 0.15) is 38.5 Å². The van der Waals surface area contributed by atoms with E-state index in [2.05, 4.69) is 10.0 Å². The van der Waals surface area contributed by atoms with E-state index in [1.807, 2.05) is 0 Å². The summed E-state index contributed by atoms with van der Waals surface area (Å²) < 4.78 is 26.4. The van der Waals surface area contributed by atoms with Crippen molar-refractivity contribution < 1.29 is 8.42 Å². The van der Waals surface area contributed by atoms with Crippen LogP contribution in [0.25, 0.3) is 0 Å². The van der Waals surface area contributed by atoms with Crippen LogP contribution < -0.4 is 10.0 Å². The molecule has 2 heterocycles. The van der Waals surface area contributed by atoms with Crippen LogP contribution in [0.2, 0.25) is 0 Å². The lowest BCUT2D eigenvalue weighted by atomic mass is 10.0. The molecule has 2 bridgehead atoms. The molecular formula is C10H19ClN2O2S. The zero-order chi connectivity index (χ0) is 10.5. The molecule has 0 amide bonds. The average molecular weight is 267 g/mol. The third-order valence-electron chi connectivity index (χ3n) is 3.77. The second kappa shape index (κ2) is 4.44. The highest BCUT2D eigenvalue weighted by Gasteiger charge is 2.40. The standard InChI is InChI=1S/C10H18N2O2S.ClH/c13-15(14,10-3-4-10)12-9-5-7-1-2-8(6-9)11-7;/h7-12H,1-6H2;1H. The predicted octanol–water partition coefficient (Wildman–Crippen LogP) is 0.773. The summed E-state index contributed by atoms with van der Waals surface area (Å²) in [5, 5.41) is 3.44. The van der Waals surface area contributed by atoms with E-state index >= 15 is 0 Å². The fraction of sp³-hybridized carbons (Fsp3) is 1.00. The highest BCUT2D eigenvalue weighted by molar-refractivity contribution is 7.90. The van der Waals surface area contributed by atoms with Crippen LogP contribution in [-0.4, -0.2) is 31.8 Å². The van der Waals surface area contributed by atoms with Crippen LogP contribution >= 0.6 is 12.4 Å². The Bertz CT molecular complexity index is 344. The smallest absolute Gasteiger partial charge is 0.214 e. The Balaban J connectivity index is 0.000000963. The summed E-state index contributed by atoms with van der Waals surface area (Å²) >= 11 is 0. The first-order chi connectivity index (χ1) is 7.13. The molecule has 3 rings (SSSR count). The molecule has 3 aliphatic rings. The van der Waals surface area contributed by atoms with Gasteiger partial charge in [-0.2, -0.15) is 0 Å². The summed E-state index contributed by atoms with van der Waals surface area (Å²) in [6, 6.07) is 1.29. The number of sulfonamides is 1. The van der Waals surface area contributed by atoms with Gasteiger partial charge in [0.05, 0.1) is 5.25 Å². The van der Waals surface area contributed by atoms with Crippen molar-refractivity contribution in [2.24, 2.45) is 0 Å². The molecule has 16 heavy (non-hydrogen) atoms. The van der Waals surface area contributed by atoms with E-state index in [4.69, 9.17) is 0 Å². The predicted molar refractivity (Wildman–Crippen MR) is 65.3 cm³/mol. The third kappa shape index (κ3) is 2.53. The van der Waals surface area contributed by atoms with Crippen molar-refractivity contribution in [3.05, 3.63) is 0 Å². The number of nitrogens with one attached hydrogen (secondary N) is 2. The number of hydrogen-bond acceptors (Lipinski definition) is 3. The van der Waals surface area contributed by atoms with E-state index in [0.717, 1.165) is 25.7 Å². The Labute approximate surface area is 103 Å². The Morgan fingerprint density at radius 1 is 1.00 bits per heavy atom. The lowest BCUT2D eigenvalue weighted by Crippen LogP contribution is -2.48. The molecule has 2 atom stereocenters. The molecule has 2 aliphatic heterocycles. The minimum absolute atomic E-state index is 0. The van der Waals surface area contributed by atoms with Gasteiger partial charge in [-0.25, -0.2) is 13.1 Å². The van der Waals surface area contributed by atoms with Crippen LogP contribution in [0.4, 0.5) is 0 Å². The van der Waals surface area contributed by atoms with E-state index in [1.165, 1.54) is 12.8 Å². The lowest BCUT2D eigenvalue weighted by molar-refractivity contribution is 0.345. The van der Waals surface area contributed by atoms with Gasteiger partial charge < -0.3 is 5.32 Å². The van der Waals surface area contributed by atoms with Gasteiger partial charge >= 0.3 is 0 Å². The fourth-order valence-electron chi connectivity index (χ4n) is 2.86. The van der Waals surface area contributed by atoms with Crippen molar-refractivity contribution in [1.29, 1.82) is 0 Å². The van der Waals surface area contributed by atoms with Crippen LogP contribution in [0.5, 0.6) is 0 Å². The summed E-state index contributed by atoms with van der Waals surface area (Å²) in [4.78, 5) is 0. The minimum atomic E-state index is -2.98. The maximum atomic E-state index is 11.8. The molecule has 6 heteroatoms. The molecule has 0 spiro atoms. The lowest BCUT2D eigenvalue weighted by Gasteiger charge is -2.29. The van der Waals surface area contributed by atoms with Gasteiger partial charge in [-0.05, 0) is 38.5 Å². The second-order valence-corrected chi connectivity index (χ2v) is 7.16. The fourth-order valence-corrected chi connectivity index (χ4v) is 4.47.